The van der Waals surface area contributed by atoms with E-state index in [-0.39, 0.29) is 32.4 Å². The van der Waals surface area contributed by atoms with Crippen molar-refractivity contribution in [3.8, 4) is 0 Å². The lowest BCUT2D eigenvalue weighted by Gasteiger charge is -2.32. The van der Waals surface area contributed by atoms with Gasteiger partial charge in [0.15, 0.2) is 0 Å². The molecule has 0 saturated carbocycles. The van der Waals surface area contributed by atoms with E-state index in [4.69, 9.17) is 4.74 Å². The molecule has 2 aliphatic rings. The number of hydrogen-bond donors (Lipinski definition) is 2. The molecule has 1 heterocycles. The minimum Gasteiger partial charge on any atom is -0.444 e. The second kappa shape index (κ2) is 11.8. The highest BCUT2D eigenvalue weighted by atomic mass is 32.1. The number of nitrogens with zero attached hydrogens (tertiary/aromatic N) is 1. The zero-order chi connectivity index (χ0) is 25.0. The number of carbonyl (C=O) groups excluding carboxylic acids is 2. The highest BCUT2D eigenvalue weighted by molar-refractivity contribution is 7.59. The maximum Gasteiger partial charge on any atom is 0.407 e. The van der Waals surface area contributed by atoms with Crippen LogP contribution in [0.2, 0.25) is 0 Å². The molecule has 4 rings (SSSR count). The van der Waals surface area contributed by atoms with Crippen molar-refractivity contribution >= 4 is 43.2 Å². The average molecular weight is 509 g/mol. The molecule has 6 nitrogen and oxygen atoms in total. The number of nitrogens with one attached hydrogen (secondary N) is 1. The Labute approximate surface area is 220 Å². The predicted octanol–water partition coefficient (Wildman–Crippen LogP) is 4.98. The number of hydrogen-bond acceptors (Lipinski definition) is 4. The van der Waals surface area contributed by atoms with Crippen LogP contribution in [0.25, 0.3) is 17.7 Å². The maximum atomic E-state index is 13.0. The first kappa shape index (κ1) is 27.6. The number of carbonyl (C=O) groups is 2. The fourth-order valence-electron chi connectivity index (χ4n) is 4.70. The van der Waals surface area contributed by atoms with Gasteiger partial charge in [0.05, 0.1) is 12.6 Å². The molecule has 1 aliphatic carbocycles. The Kier molecular flexibility index (Phi) is 9.03. The molecule has 2 amide bonds. The summed E-state index contributed by atoms with van der Waals surface area (Å²) in [6, 6.07) is 16.2. The van der Waals surface area contributed by atoms with Crippen molar-refractivity contribution < 1.29 is 19.4 Å². The van der Waals surface area contributed by atoms with Gasteiger partial charge in [0, 0.05) is 19.5 Å². The fourth-order valence-corrected chi connectivity index (χ4v) is 4.70. The Morgan fingerprint density at radius 1 is 0.972 bits per heavy atom. The number of amides is 2. The number of aliphatic hydroxyl groups excluding tert-OH is 1. The molecular weight excluding hydrogens is 472 g/mol. The number of likely N-dealkylation sites (tertiary alicyclic amines) is 1. The summed E-state index contributed by atoms with van der Waals surface area (Å²) in [5.74, 6) is -0.0764. The number of fused-ring (bicyclic) bond motifs is 2. The topological polar surface area (TPSA) is 78.9 Å². The second-order valence-electron chi connectivity index (χ2n) is 10.1. The third-order valence-corrected chi connectivity index (χ3v) is 6.34. The van der Waals surface area contributed by atoms with Crippen LogP contribution < -0.4 is 5.32 Å². The maximum absolute atomic E-state index is 13.0. The largest absolute Gasteiger partial charge is 0.444 e. The number of alkyl carbamates (subject to hydrolysis) is 1. The average Bonchev–Trinajstić information content (AvgIpc) is 2.99. The Balaban J connectivity index is 0.00000361. The Morgan fingerprint density at radius 3 is 2.00 bits per heavy atom. The van der Waals surface area contributed by atoms with E-state index in [1.807, 2.05) is 4.90 Å². The van der Waals surface area contributed by atoms with Crippen LogP contribution in [0.3, 0.4) is 0 Å². The van der Waals surface area contributed by atoms with E-state index in [2.05, 4.69) is 66.0 Å². The van der Waals surface area contributed by atoms with E-state index in [1.54, 1.807) is 20.8 Å². The first-order chi connectivity index (χ1) is 16.7. The van der Waals surface area contributed by atoms with Crippen molar-refractivity contribution in [3.63, 3.8) is 0 Å². The first-order valence-electron chi connectivity index (χ1n) is 12.2. The molecular formula is C29H36N2O4S. The predicted molar refractivity (Wildman–Crippen MR) is 149 cm³/mol. The van der Waals surface area contributed by atoms with Crippen LogP contribution in [0.15, 0.2) is 54.1 Å². The molecule has 1 fully saturated rings. The molecule has 0 aromatic heterocycles. The van der Waals surface area contributed by atoms with E-state index in [9.17, 15) is 14.7 Å². The molecule has 1 atom stereocenters. The summed E-state index contributed by atoms with van der Waals surface area (Å²) in [7, 11) is 0. The van der Waals surface area contributed by atoms with Gasteiger partial charge in [-0.3, -0.25) is 4.79 Å². The SMILES string of the molecule is CC(C)(C)OC(=O)N[C@H](CO)CC(=O)N1CCC(=C2c3ccccc3C=Cc3ccccc32)CC1.S. The summed E-state index contributed by atoms with van der Waals surface area (Å²) in [6.45, 7) is 6.21. The van der Waals surface area contributed by atoms with Gasteiger partial charge in [-0.05, 0) is 61.4 Å². The van der Waals surface area contributed by atoms with E-state index < -0.39 is 17.7 Å². The van der Waals surface area contributed by atoms with E-state index in [0.29, 0.717) is 13.1 Å². The molecule has 0 spiro atoms. The van der Waals surface area contributed by atoms with Crippen LogP contribution in [0, 0.1) is 0 Å². The van der Waals surface area contributed by atoms with Crippen LogP contribution in [-0.2, 0) is 9.53 Å². The van der Waals surface area contributed by atoms with Gasteiger partial charge in [-0.1, -0.05) is 66.3 Å². The third kappa shape index (κ3) is 6.59. The zero-order valence-corrected chi connectivity index (χ0v) is 22.2. The van der Waals surface area contributed by atoms with E-state index in [0.717, 1.165) is 12.8 Å². The van der Waals surface area contributed by atoms with E-state index >= 15 is 0 Å². The smallest absolute Gasteiger partial charge is 0.407 e. The van der Waals surface area contributed by atoms with Crippen molar-refractivity contribution in [3.05, 3.63) is 76.4 Å². The van der Waals surface area contributed by atoms with Gasteiger partial charge in [0.25, 0.3) is 0 Å². The lowest BCUT2D eigenvalue weighted by molar-refractivity contribution is -0.132. The molecule has 2 N–H and O–H groups in total. The molecule has 36 heavy (non-hydrogen) atoms. The molecule has 2 aromatic carbocycles. The van der Waals surface area contributed by atoms with Crippen molar-refractivity contribution in [1.29, 1.82) is 0 Å². The fraction of sp³-hybridized carbons (Fsp3) is 0.379. The van der Waals surface area contributed by atoms with Crippen molar-refractivity contribution in [2.45, 2.75) is 51.7 Å². The van der Waals surface area contributed by atoms with Crippen LogP contribution in [0.1, 0.15) is 62.3 Å². The Bertz CT molecular complexity index is 1100. The van der Waals surface area contributed by atoms with Gasteiger partial charge in [-0.25, -0.2) is 4.79 Å². The Morgan fingerprint density at radius 2 is 1.50 bits per heavy atom. The molecule has 0 bridgehead atoms. The van der Waals surface area contributed by atoms with Crippen LogP contribution in [0.5, 0.6) is 0 Å². The summed E-state index contributed by atoms with van der Waals surface area (Å²) < 4.78 is 5.25. The number of benzene rings is 2. The van der Waals surface area contributed by atoms with Crippen molar-refractivity contribution in [2.24, 2.45) is 0 Å². The molecule has 1 aliphatic heterocycles. The quantitative estimate of drug-likeness (QED) is 0.521. The van der Waals surface area contributed by atoms with Crippen LogP contribution >= 0.6 is 13.5 Å². The van der Waals surface area contributed by atoms with Crippen molar-refractivity contribution in [1.82, 2.24) is 10.2 Å². The standard InChI is InChI=1S/C29H34N2O4.H2S/c1-29(2,3)35-28(34)30-23(19-32)18-26(33)31-16-14-22(15-17-31)27-24-10-6-4-8-20(24)12-13-21-9-5-7-11-25(21)27;/h4-13,23,32H,14-19H2,1-3H3,(H,30,34);1H2/t23-;/m0./s1. The monoisotopic (exact) mass is 508 g/mol. The van der Waals surface area contributed by atoms with Crippen LogP contribution in [-0.4, -0.2) is 53.3 Å². The summed E-state index contributed by atoms with van der Waals surface area (Å²) in [5.41, 5.74) is 6.83. The van der Waals surface area contributed by atoms with Gasteiger partial charge in [-0.2, -0.15) is 13.5 Å². The van der Waals surface area contributed by atoms with Crippen LogP contribution in [0.4, 0.5) is 4.79 Å². The van der Waals surface area contributed by atoms with Gasteiger partial charge < -0.3 is 20.1 Å². The third-order valence-electron chi connectivity index (χ3n) is 6.34. The highest BCUT2D eigenvalue weighted by Crippen LogP contribution is 2.38. The first-order valence-corrected chi connectivity index (χ1v) is 12.2. The van der Waals surface area contributed by atoms with Gasteiger partial charge in [0.1, 0.15) is 5.60 Å². The Hall–Kier alpha value is -3.03. The lowest BCUT2D eigenvalue weighted by atomic mass is 9.86. The summed E-state index contributed by atoms with van der Waals surface area (Å²) in [6.07, 6.45) is 5.33. The number of aliphatic hydroxyl groups is 1. The zero-order valence-electron chi connectivity index (χ0n) is 21.2. The number of piperidine rings is 1. The van der Waals surface area contributed by atoms with Crippen molar-refractivity contribution in [2.75, 3.05) is 19.7 Å². The van der Waals surface area contributed by atoms with Gasteiger partial charge >= 0.3 is 6.09 Å². The highest BCUT2D eigenvalue weighted by Gasteiger charge is 2.27. The van der Waals surface area contributed by atoms with E-state index in [1.165, 1.54) is 33.4 Å². The number of rotatable bonds is 4. The minimum absolute atomic E-state index is 0. The summed E-state index contributed by atoms with van der Waals surface area (Å²) >= 11 is 0. The van der Waals surface area contributed by atoms with Gasteiger partial charge in [-0.15, -0.1) is 0 Å². The molecule has 2 aromatic rings. The number of ether oxygens (including phenoxy) is 1. The summed E-state index contributed by atoms with van der Waals surface area (Å²) in [5, 5.41) is 12.3. The molecule has 7 heteroatoms. The normalized spacial score (nSPS) is 15.7. The lowest BCUT2D eigenvalue weighted by Crippen LogP contribution is -2.45. The second-order valence-corrected chi connectivity index (χ2v) is 10.1. The molecule has 192 valence electrons. The minimum atomic E-state index is -0.677. The molecule has 0 unspecified atom stereocenters. The molecule has 0 radical (unpaired) electrons. The van der Waals surface area contributed by atoms with Gasteiger partial charge in [0.2, 0.25) is 5.91 Å². The molecule has 1 saturated heterocycles. The summed E-state index contributed by atoms with van der Waals surface area (Å²) in [4.78, 5) is 26.8.